The monoisotopic (exact) mass is 256 g/mol. The quantitative estimate of drug-likeness (QED) is 0.419. The molecule has 0 saturated heterocycles. The van der Waals surface area contributed by atoms with E-state index in [4.69, 9.17) is 4.43 Å². The van der Waals surface area contributed by atoms with E-state index < -0.39 is 13.7 Å². The molecule has 0 saturated carbocycles. The fourth-order valence-electron chi connectivity index (χ4n) is 1.18. The Morgan fingerprint density at radius 3 is 1.88 bits per heavy atom. The number of carbonyl (C=O) groups is 1. The van der Waals surface area contributed by atoms with Crippen molar-refractivity contribution < 1.29 is 9.22 Å². The third-order valence-electron chi connectivity index (χ3n) is 3.63. The van der Waals surface area contributed by atoms with E-state index in [1.807, 2.05) is 32.9 Å². The summed E-state index contributed by atoms with van der Waals surface area (Å²) in [6.45, 7) is 16.9. The van der Waals surface area contributed by atoms with Gasteiger partial charge in [-0.25, -0.2) is 0 Å². The van der Waals surface area contributed by atoms with Gasteiger partial charge < -0.3 is 9.22 Å². The Morgan fingerprint density at radius 2 is 1.59 bits per heavy atom. The molecule has 3 heteroatoms. The minimum atomic E-state index is -1.84. The molecule has 0 aromatic rings. The molecule has 1 atom stereocenters. The summed E-state index contributed by atoms with van der Waals surface area (Å²) in [5.74, 6) is 0. The SMILES string of the molecule is C/C=C/[C@@H](O[Si](C)(C)C(C)(C)C)C(C)(C)C=O. The van der Waals surface area contributed by atoms with Crippen LogP contribution in [-0.2, 0) is 9.22 Å². The standard InChI is InChI=1S/C14H28O2Si/c1-9-10-12(14(5,6)11-15)16-17(7,8)13(2,3)4/h9-12H,1-8H3/b10-9+/t12-/m1/s1. The van der Waals surface area contributed by atoms with E-state index in [1.54, 1.807) is 0 Å². The second kappa shape index (κ2) is 5.49. The van der Waals surface area contributed by atoms with Gasteiger partial charge in [-0.05, 0) is 25.1 Å². The number of carbonyl (C=O) groups excluding carboxylic acids is 1. The minimum absolute atomic E-state index is 0.133. The van der Waals surface area contributed by atoms with Crippen molar-refractivity contribution in [1.29, 1.82) is 0 Å². The van der Waals surface area contributed by atoms with Gasteiger partial charge >= 0.3 is 0 Å². The van der Waals surface area contributed by atoms with Gasteiger partial charge in [-0.3, -0.25) is 0 Å². The molecule has 17 heavy (non-hydrogen) atoms. The Balaban J connectivity index is 5.09. The first-order chi connectivity index (χ1) is 7.48. The van der Waals surface area contributed by atoms with Crippen LogP contribution in [0, 0.1) is 5.41 Å². The van der Waals surface area contributed by atoms with Crippen molar-refractivity contribution in [3.8, 4) is 0 Å². The maximum Gasteiger partial charge on any atom is 0.192 e. The molecule has 2 nitrogen and oxygen atoms in total. The highest BCUT2D eigenvalue weighted by molar-refractivity contribution is 6.74. The van der Waals surface area contributed by atoms with Gasteiger partial charge in [0.15, 0.2) is 8.32 Å². The summed E-state index contributed by atoms with van der Waals surface area (Å²) in [5.41, 5.74) is -0.470. The van der Waals surface area contributed by atoms with Crippen molar-refractivity contribution in [3.05, 3.63) is 12.2 Å². The van der Waals surface area contributed by atoms with Crippen molar-refractivity contribution in [2.45, 2.75) is 65.8 Å². The molecule has 0 amide bonds. The van der Waals surface area contributed by atoms with E-state index in [2.05, 4.69) is 33.9 Å². The van der Waals surface area contributed by atoms with Crippen molar-refractivity contribution in [3.63, 3.8) is 0 Å². The average Bonchev–Trinajstić information content (AvgIpc) is 2.15. The first-order valence-electron chi connectivity index (χ1n) is 6.25. The molecule has 0 aromatic carbocycles. The smallest absolute Gasteiger partial charge is 0.192 e. The van der Waals surface area contributed by atoms with Crippen LogP contribution in [0.1, 0.15) is 41.5 Å². The normalized spacial score (nSPS) is 16.2. The molecule has 0 radical (unpaired) electrons. The highest BCUT2D eigenvalue weighted by atomic mass is 28.4. The Labute approximate surface area is 108 Å². The second-order valence-electron chi connectivity index (χ2n) is 6.76. The minimum Gasteiger partial charge on any atom is -0.410 e. The maximum atomic E-state index is 11.2. The van der Waals surface area contributed by atoms with Crippen LogP contribution >= 0.6 is 0 Å². The number of allylic oxidation sites excluding steroid dienone is 1. The zero-order chi connectivity index (χ0) is 13.9. The second-order valence-corrected chi connectivity index (χ2v) is 11.5. The van der Waals surface area contributed by atoms with E-state index in [0.29, 0.717) is 0 Å². The van der Waals surface area contributed by atoms with Gasteiger partial charge in [0.2, 0.25) is 0 Å². The molecule has 0 N–H and O–H groups in total. The van der Waals surface area contributed by atoms with Crippen LogP contribution in [0.5, 0.6) is 0 Å². The van der Waals surface area contributed by atoms with Crippen molar-refractivity contribution >= 4 is 14.6 Å². The Kier molecular flexibility index (Phi) is 5.35. The van der Waals surface area contributed by atoms with Gasteiger partial charge in [0.1, 0.15) is 6.29 Å². The lowest BCUT2D eigenvalue weighted by molar-refractivity contribution is -0.118. The summed E-state index contributed by atoms with van der Waals surface area (Å²) < 4.78 is 6.32. The molecule has 0 fully saturated rings. The fourth-order valence-corrected chi connectivity index (χ4v) is 2.55. The fraction of sp³-hybridized carbons (Fsp3) is 0.786. The summed E-state index contributed by atoms with van der Waals surface area (Å²) in [7, 11) is -1.84. The first kappa shape index (κ1) is 16.6. The predicted octanol–water partition coefficient (Wildman–Crippen LogP) is 4.18. The third kappa shape index (κ3) is 4.40. The summed E-state index contributed by atoms with van der Waals surface area (Å²) in [5, 5.41) is 0.159. The summed E-state index contributed by atoms with van der Waals surface area (Å²) >= 11 is 0. The van der Waals surface area contributed by atoms with Gasteiger partial charge in [-0.15, -0.1) is 0 Å². The van der Waals surface area contributed by atoms with E-state index in [-0.39, 0.29) is 11.1 Å². The van der Waals surface area contributed by atoms with Crippen LogP contribution in [0.3, 0.4) is 0 Å². The highest BCUT2D eigenvalue weighted by Crippen LogP contribution is 2.39. The van der Waals surface area contributed by atoms with E-state index >= 15 is 0 Å². The molecule has 100 valence electrons. The van der Waals surface area contributed by atoms with Crippen molar-refractivity contribution in [1.82, 2.24) is 0 Å². The van der Waals surface area contributed by atoms with Crippen LogP contribution in [0.25, 0.3) is 0 Å². The summed E-state index contributed by atoms with van der Waals surface area (Å²) in [6, 6.07) is 0. The topological polar surface area (TPSA) is 26.3 Å². The van der Waals surface area contributed by atoms with Gasteiger partial charge in [0.25, 0.3) is 0 Å². The lowest BCUT2D eigenvalue weighted by Crippen LogP contribution is -2.47. The van der Waals surface area contributed by atoms with E-state index in [9.17, 15) is 4.79 Å². The van der Waals surface area contributed by atoms with Crippen molar-refractivity contribution in [2.75, 3.05) is 0 Å². The lowest BCUT2D eigenvalue weighted by Gasteiger charge is -2.41. The summed E-state index contributed by atoms with van der Waals surface area (Å²) in [6.07, 6.45) is 4.81. The van der Waals surface area contributed by atoms with Crippen LogP contribution in [0.4, 0.5) is 0 Å². The number of aldehydes is 1. The number of hydrogen-bond donors (Lipinski definition) is 0. The van der Waals surface area contributed by atoms with Crippen LogP contribution < -0.4 is 0 Å². The zero-order valence-corrected chi connectivity index (χ0v) is 13.6. The number of rotatable bonds is 5. The third-order valence-corrected chi connectivity index (χ3v) is 8.09. The molecule has 0 spiro atoms. The Morgan fingerprint density at radius 1 is 1.12 bits per heavy atom. The molecule has 0 unspecified atom stereocenters. The lowest BCUT2D eigenvalue weighted by atomic mass is 9.88. The largest absolute Gasteiger partial charge is 0.410 e. The van der Waals surface area contributed by atoms with Gasteiger partial charge in [-0.2, -0.15) is 0 Å². The Hall–Kier alpha value is -0.413. The molecule has 0 aromatic heterocycles. The number of hydrogen-bond acceptors (Lipinski definition) is 2. The molecule has 0 rings (SSSR count). The molecule has 0 bridgehead atoms. The molecule has 0 aliphatic carbocycles. The van der Waals surface area contributed by atoms with Gasteiger partial charge in [-0.1, -0.05) is 46.8 Å². The van der Waals surface area contributed by atoms with E-state index in [0.717, 1.165) is 6.29 Å². The molecule has 0 aliphatic heterocycles. The zero-order valence-electron chi connectivity index (χ0n) is 12.6. The molecule has 0 heterocycles. The van der Waals surface area contributed by atoms with E-state index in [1.165, 1.54) is 0 Å². The van der Waals surface area contributed by atoms with Gasteiger partial charge in [0, 0.05) is 5.41 Å². The van der Waals surface area contributed by atoms with Crippen LogP contribution in [-0.4, -0.2) is 20.7 Å². The molecular formula is C14H28O2Si. The highest BCUT2D eigenvalue weighted by Gasteiger charge is 2.41. The molecule has 0 aliphatic rings. The maximum absolute atomic E-state index is 11.2. The first-order valence-corrected chi connectivity index (χ1v) is 9.16. The van der Waals surface area contributed by atoms with Crippen molar-refractivity contribution in [2.24, 2.45) is 5.41 Å². The van der Waals surface area contributed by atoms with Gasteiger partial charge in [0.05, 0.1) is 6.10 Å². The molecular weight excluding hydrogens is 228 g/mol. The predicted molar refractivity (Wildman–Crippen MR) is 76.7 cm³/mol. The van der Waals surface area contributed by atoms with Crippen LogP contribution in [0.15, 0.2) is 12.2 Å². The summed E-state index contributed by atoms with van der Waals surface area (Å²) in [4.78, 5) is 11.2. The Bertz CT molecular complexity index is 285. The van der Waals surface area contributed by atoms with Crippen LogP contribution in [0.2, 0.25) is 18.1 Å². The average molecular weight is 256 g/mol.